The zero-order chi connectivity index (χ0) is 24.6. The average Bonchev–Trinajstić information content (AvgIpc) is 3.11. The molecule has 0 spiro atoms. The monoisotopic (exact) mass is 488 g/mol. The maximum absolute atomic E-state index is 13.2. The first-order valence-corrected chi connectivity index (χ1v) is 13.1. The van der Waals surface area contributed by atoms with Crippen LogP contribution in [0.15, 0.2) is 32.7 Å². The van der Waals surface area contributed by atoms with Crippen LogP contribution in [0.5, 0.6) is 0 Å². The third kappa shape index (κ3) is 4.47. The highest BCUT2D eigenvalue weighted by Gasteiger charge is 2.30. The number of fused-ring (bicyclic) bond motifs is 1. The van der Waals surface area contributed by atoms with E-state index in [1.807, 2.05) is 32.9 Å². The molecule has 3 heterocycles. The molecule has 0 unspecified atom stereocenters. The van der Waals surface area contributed by atoms with Gasteiger partial charge in [0.15, 0.2) is 11.2 Å². The summed E-state index contributed by atoms with van der Waals surface area (Å²) in [5, 5.41) is 0. The fraction of sp³-hybridized carbons (Fsp3) is 0.522. The van der Waals surface area contributed by atoms with Crippen LogP contribution in [0.3, 0.4) is 0 Å². The predicted octanol–water partition coefficient (Wildman–Crippen LogP) is 1.35. The Balaban J connectivity index is 1.53. The van der Waals surface area contributed by atoms with Crippen LogP contribution in [-0.2, 0) is 30.2 Å². The number of H-pyrrole nitrogens is 1. The Bertz CT molecular complexity index is 1430. The number of unbranched alkanes of at least 4 members (excludes halogenated alkanes) is 1. The van der Waals surface area contributed by atoms with Crippen molar-refractivity contribution in [2.24, 2.45) is 7.05 Å². The number of imidazole rings is 1. The Kier molecular flexibility index (Phi) is 6.79. The number of piperazine rings is 1. The summed E-state index contributed by atoms with van der Waals surface area (Å²) < 4.78 is 31.2. The van der Waals surface area contributed by atoms with Crippen molar-refractivity contribution in [3.05, 3.63) is 56.0 Å². The van der Waals surface area contributed by atoms with Gasteiger partial charge in [-0.1, -0.05) is 25.5 Å². The van der Waals surface area contributed by atoms with Gasteiger partial charge in [-0.25, -0.2) is 18.2 Å². The highest BCUT2D eigenvalue weighted by Crippen LogP contribution is 2.23. The van der Waals surface area contributed by atoms with Gasteiger partial charge in [-0.2, -0.15) is 4.31 Å². The summed E-state index contributed by atoms with van der Waals surface area (Å²) in [6, 6.07) is 5.48. The summed E-state index contributed by atoms with van der Waals surface area (Å²) in [7, 11) is -1.79. The summed E-state index contributed by atoms with van der Waals surface area (Å²) in [4.78, 5) is 34.4. The molecule has 1 N–H and O–H groups in total. The first-order valence-electron chi connectivity index (χ1n) is 11.6. The van der Waals surface area contributed by atoms with Gasteiger partial charge in [0.2, 0.25) is 10.0 Å². The lowest BCUT2D eigenvalue weighted by molar-refractivity contribution is 0.177. The van der Waals surface area contributed by atoms with Crippen LogP contribution < -0.4 is 11.2 Å². The highest BCUT2D eigenvalue weighted by atomic mass is 32.2. The molecule has 11 heteroatoms. The Morgan fingerprint density at radius 3 is 2.47 bits per heavy atom. The largest absolute Gasteiger partial charge is 0.330 e. The number of rotatable bonds is 7. The average molecular weight is 489 g/mol. The molecule has 1 aliphatic rings. The van der Waals surface area contributed by atoms with Crippen molar-refractivity contribution in [1.29, 1.82) is 0 Å². The van der Waals surface area contributed by atoms with E-state index in [-0.39, 0.29) is 0 Å². The highest BCUT2D eigenvalue weighted by molar-refractivity contribution is 7.89. The number of benzene rings is 1. The topological polar surface area (TPSA) is 113 Å². The minimum atomic E-state index is -3.56. The standard InChI is InChI=1S/C23H32N6O4S/c1-5-6-9-29-21-20(22(30)25-23(29)31)26(4)19(24-21)15-27-10-12-28(13-11-27)34(32,33)18-14-16(2)7-8-17(18)3/h7-8,14H,5-6,9-13,15H2,1-4H3,(H,25,30,31). The van der Waals surface area contributed by atoms with Crippen LogP contribution >= 0.6 is 0 Å². The molecule has 2 aromatic heterocycles. The first-order chi connectivity index (χ1) is 16.1. The molecular formula is C23H32N6O4S. The van der Waals surface area contributed by atoms with Gasteiger partial charge in [-0.15, -0.1) is 0 Å². The van der Waals surface area contributed by atoms with E-state index in [1.165, 1.54) is 8.87 Å². The molecule has 1 aromatic carbocycles. The second-order valence-corrected chi connectivity index (χ2v) is 10.9. The number of sulfonamides is 1. The van der Waals surface area contributed by atoms with E-state index in [2.05, 4.69) is 14.9 Å². The smallest absolute Gasteiger partial charge is 0.324 e. The molecule has 0 bridgehead atoms. The van der Waals surface area contributed by atoms with Crippen LogP contribution in [0.2, 0.25) is 0 Å². The molecule has 34 heavy (non-hydrogen) atoms. The van der Waals surface area contributed by atoms with E-state index in [0.29, 0.717) is 61.2 Å². The normalized spacial score (nSPS) is 15.9. The number of aryl methyl sites for hydroxylation is 4. The molecule has 0 atom stereocenters. The van der Waals surface area contributed by atoms with Gasteiger partial charge in [0.25, 0.3) is 5.56 Å². The van der Waals surface area contributed by atoms with Crippen molar-refractivity contribution < 1.29 is 8.42 Å². The Morgan fingerprint density at radius 2 is 1.79 bits per heavy atom. The van der Waals surface area contributed by atoms with Gasteiger partial charge in [0.1, 0.15) is 5.82 Å². The summed E-state index contributed by atoms with van der Waals surface area (Å²) in [6.07, 6.45) is 1.73. The lowest BCUT2D eigenvalue weighted by Gasteiger charge is -2.34. The minimum absolute atomic E-state index is 0.362. The summed E-state index contributed by atoms with van der Waals surface area (Å²) in [6.45, 7) is 8.55. The van der Waals surface area contributed by atoms with Gasteiger partial charge in [0.05, 0.1) is 11.4 Å². The number of nitrogens with zero attached hydrogens (tertiary/aromatic N) is 5. The molecule has 4 rings (SSSR count). The van der Waals surface area contributed by atoms with Gasteiger partial charge in [-0.05, 0) is 37.5 Å². The Morgan fingerprint density at radius 1 is 1.09 bits per heavy atom. The molecule has 0 radical (unpaired) electrons. The summed E-state index contributed by atoms with van der Waals surface area (Å²) in [5.74, 6) is 0.669. The fourth-order valence-corrected chi connectivity index (χ4v) is 6.14. The molecular weight excluding hydrogens is 456 g/mol. The number of hydrogen-bond donors (Lipinski definition) is 1. The SMILES string of the molecule is CCCCn1c(=O)[nH]c(=O)c2c1nc(CN1CCN(S(=O)(=O)c3cc(C)ccc3C)CC1)n2C. The molecule has 184 valence electrons. The van der Waals surface area contributed by atoms with Crippen LogP contribution in [0, 0.1) is 13.8 Å². The Hall–Kier alpha value is -2.76. The van der Waals surface area contributed by atoms with E-state index < -0.39 is 21.3 Å². The zero-order valence-electron chi connectivity index (χ0n) is 20.2. The molecule has 1 saturated heterocycles. The number of aromatic nitrogens is 4. The van der Waals surface area contributed by atoms with Gasteiger partial charge >= 0.3 is 5.69 Å². The maximum atomic E-state index is 13.2. The minimum Gasteiger partial charge on any atom is -0.324 e. The van der Waals surface area contributed by atoms with Gasteiger partial charge in [-0.3, -0.25) is 19.2 Å². The van der Waals surface area contributed by atoms with E-state index in [9.17, 15) is 18.0 Å². The van der Waals surface area contributed by atoms with Crippen molar-refractivity contribution in [1.82, 2.24) is 28.3 Å². The second kappa shape index (κ2) is 9.47. The third-order valence-electron chi connectivity index (χ3n) is 6.50. The Labute approximate surface area is 198 Å². The fourth-order valence-electron chi connectivity index (χ4n) is 4.41. The van der Waals surface area contributed by atoms with E-state index >= 15 is 0 Å². The van der Waals surface area contributed by atoms with E-state index in [4.69, 9.17) is 0 Å². The van der Waals surface area contributed by atoms with Crippen molar-refractivity contribution in [2.45, 2.75) is 51.6 Å². The van der Waals surface area contributed by atoms with Crippen molar-refractivity contribution in [3.63, 3.8) is 0 Å². The molecule has 0 saturated carbocycles. The summed E-state index contributed by atoms with van der Waals surface area (Å²) >= 11 is 0. The third-order valence-corrected chi connectivity index (χ3v) is 8.54. The molecule has 1 aliphatic heterocycles. The van der Waals surface area contributed by atoms with E-state index in [0.717, 1.165) is 24.0 Å². The van der Waals surface area contributed by atoms with Crippen molar-refractivity contribution in [2.75, 3.05) is 26.2 Å². The van der Waals surface area contributed by atoms with Gasteiger partial charge in [0, 0.05) is 39.8 Å². The quantitative estimate of drug-likeness (QED) is 0.537. The van der Waals surface area contributed by atoms with Crippen LogP contribution in [0.25, 0.3) is 11.2 Å². The molecule has 10 nitrogen and oxygen atoms in total. The number of nitrogens with one attached hydrogen (secondary N) is 1. The summed E-state index contributed by atoms with van der Waals surface area (Å²) in [5.41, 5.74) is 1.54. The van der Waals surface area contributed by atoms with Crippen molar-refractivity contribution >= 4 is 21.2 Å². The van der Waals surface area contributed by atoms with Crippen molar-refractivity contribution in [3.8, 4) is 0 Å². The zero-order valence-corrected chi connectivity index (χ0v) is 21.0. The van der Waals surface area contributed by atoms with E-state index in [1.54, 1.807) is 17.7 Å². The van der Waals surface area contributed by atoms with Crippen LogP contribution in [-0.4, -0.2) is 62.9 Å². The number of hydrogen-bond acceptors (Lipinski definition) is 6. The molecule has 0 amide bonds. The molecule has 0 aliphatic carbocycles. The number of aromatic amines is 1. The van der Waals surface area contributed by atoms with Crippen LogP contribution in [0.4, 0.5) is 0 Å². The van der Waals surface area contributed by atoms with Gasteiger partial charge < -0.3 is 4.57 Å². The maximum Gasteiger partial charge on any atom is 0.330 e. The second-order valence-electron chi connectivity index (χ2n) is 8.97. The molecule has 1 fully saturated rings. The van der Waals surface area contributed by atoms with Crippen LogP contribution in [0.1, 0.15) is 36.7 Å². The lowest BCUT2D eigenvalue weighted by atomic mass is 10.2. The predicted molar refractivity (Wildman–Crippen MR) is 130 cm³/mol. The molecule has 3 aromatic rings. The first kappa shape index (κ1) is 24.4. The lowest BCUT2D eigenvalue weighted by Crippen LogP contribution is -2.48.